The third kappa shape index (κ3) is 5.84. The van der Waals surface area contributed by atoms with Gasteiger partial charge in [-0.05, 0) is 32.9 Å². The Labute approximate surface area is 133 Å². The summed E-state index contributed by atoms with van der Waals surface area (Å²) in [6, 6.07) is 3.22. The van der Waals surface area contributed by atoms with E-state index >= 15 is 0 Å². The van der Waals surface area contributed by atoms with E-state index in [0.29, 0.717) is 11.3 Å². The number of nitrogens with one attached hydrogen (secondary N) is 2. The molecule has 0 aliphatic heterocycles. The van der Waals surface area contributed by atoms with Crippen molar-refractivity contribution in [2.45, 2.75) is 32.9 Å². The molecule has 0 fully saturated rings. The summed E-state index contributed by atoms with van der Waals surface area (Å²) in [5.74, 6) is -0.328. The first-order chi connectivity index (χ1) is 10.8. The van der Waals surface area contributed by atoms with Gasteiger partial charge in [0.1, 0.15) is 10.6 Å². The summed E-state index contributed by atoms with van der Waals surface area (Å²) in [4.78, 5) is 31.4. The van der Waals surface area contributed by atoms with E-state index in [1.54, 1.807) is 32.9 Å². The summed E-state index contributed by atoms with van der Waals surface area (Å²) >= 11 is 0. The van der Waals surface area contributed by atoms with Crippen LogP contribution in [0.2, 0.25) is 0 Å². The molecule has 124 valence electrons. The van der Waals surface area contributed by atoms with Gasteiger partial charge in [0.05, 0.1) is 11.3 Å². The molecule has 0 atom stereocenters. The van der Waals surface area contributed by atoms with Crippen molar-refractivity contribution in [2.24, 2.45) is 5.11 Å². The lowest BCUT2D eigenvalue weighted by atomic mass is 10.1. The fraction of sp³-hybridized carbons (Fsp3) is 0.500. The predicted molar refractivity (Wildman–Crippen MR) is 82.0 cm³/mol. The number of nitrogens with zero attached hydrogens (tertiary/aromatic N) is 4. The molecule has 0 saturated carbocycles. The smallest absolute Gasteiger partial charge is 0.407 e. The fourth-order valence-electron chi connectivity index (χ4n) is 1.86. The maximum Gasteiger partial charge on any atom is 0.407 e. The van der Waals surface area contributed by atoms with E-state index < -0.39 is 11.6 Å². The average molecular weight is 321 g/mol. The minimum atomic E-state index is -1.03. The number of amides is 2. The summed E-state index contributed by atoms with van der Waals surface area (Å²) in [5.41, 5.74) is 7.00. The first-order valence-electron chi connectivity index (χ1n) is 7.02. The quantitative estimate of drug-likeness (QED) is 0.542. The molecular weight excluding hydrogens is 300 g/mol. The highest BCUT2D eigenvalue weighted by Crippen LogP contribution is 2.12. The molecule has 0 aliphatic rings. The predicted octanol–water partition coefficient (Wildman–Crippen LogP) is 1.64. The van der Waals surface area contributed by atoms with Crippen LogP contribution in [0.1, 0.15) is 36.8 Å². The highest BCUT2D eigenvalue weighted by molar-refractivity contribution is 5.93. The molecule has 1 aromatic rings. The Kier molecular flexibility index (Phi) is 6.35. The summed E-state index contributed by atoms with van der Waals surface area (Å²) in [7, 11) is 0. The van der Waals surface area contributed by atoms with Gasteiger partial charge < -0.3 is 15.3 Å². The molecule has 1 rings (SSSR count). The number of carboxylic acid groups (broad SMARTS) is 1. The van der Waals surface area contributed by atoms with Crippen LogP contribution in [-0.4, -0.2) is 45.6 Å². The van der Waals surface area contributed by atoms with Crippen LogP contribution < -0.4 is 10.2 Å². The van der Waals surface area contributed by atoms with Gasteiger partial charge in [0.25, 0.3) is 5.91 Å². The fourth-order valence-corrected chi connectivity index (χ4v) is 1.86. The maximum atomic E-state index is 12.0. The second kappa shape index (κ2) is 8.00. The van der Waals surface area contributed by atoms with E-state index in [4.69, 9.17) is 10.6 Å². The number of hydrogen-bond donors (Lipinski definition) is 3. The van der Waals surface area contributed by atoms with Gasteiger partial charge in [0.15, 0.2) is 6.54 Å². The molecule has 1 aromatic heterocycles. The van der Waals surface area contributed by atoms with Gasteiger partial charge in [-0.3, -0.25) is 9.78 Å². The van der Waals surface area contributed by atoms with Gasteiger partial charge in [0, 0.05) is 24.8 Å². The normalized spacial score (nSPS) is 10.6. The molecular formula is C14H21N6O3+. The van der Waals surface area contributed by atoms with Gasteiger partial charge in [-0.1, -0.05) is 0 Å². The Morgan fingerprint density at radius 2 is 2.13 bits per heavy atom. The number of carbonyl (C=O) groups excluding carboxylic acids is 1. The Balaban J connectivity index is 2.56. The van der Waals surface area contributed by atoms with Crippen LogP contribution in [0.15, 0.2) is 23.4 Å². The van der Waals surface area contributed by atoms with E-state index in [9.17, 15) is 9.59 Å². The maximum absolute atomic E-state index is 12.0. The van der Waals surface area contributed by atoms with E-state index in [1.807, 2.05) is 0 Å². The number of pyridine rings is 1. The highest BCUT2D eigenvalue weighted by Gasteiger charge is 2.25. The van der Waals surface area contributed by atoms with Crippen molar-refractivity contribution in [3.8, 4) is 0 Å². The molecule has 2 amide bonds. The van der Waals surface area contributed by atoms with Gasteiger partial charge in [-0.25, -0.2) is 4.79 Å². The summed E-state index contributed by atoms with van der Waals surface area (Å²) in [5, 5.41) is 15.3. The first kappa shape index (κ1) is 18.2. The third-order valence-corrected chi connectivity index (χ3v) is 3.05. The lowest BCUT2D eigenvalue weighted by Crippen LogP contribution is -2.48. The lowest BCUT2D eigenvalue weighted by Gasteiger charge is -2.33. The summed E-state index contributed by atoms with van der Waals surface area (Å²) in [6.07, 6.45) is 0.379. The second-order valence-electron chi connectivity index (χ2n) is 5.80. The molecule has 0 radical (unpaired) electrons. The molecule has 23 heavy (non-hydrogen) atoms. The number of rotatable bonds is 6. The van der Waals surface area contributed by atoms with E-state index in [0.717, 1.165) is 0 Å². The van der Waals surface area contributed by atoms with Crippen molar-refractivity contribution in [1.29, 1.82) is 5.53 Å². The largest absolute Gasteiger partial charge is 0.465 e. The lowest BCUT2D eigenvalue weighted by molar-refractivity contribution is 0.0892. The van der Waals surface area contributed by atoms with E-state index in [1.165, 1.54) is 11.1 Å². The molecule has 0 unspecified atom stereocenters. The zero-order chi connectivity index (χ0) is 17.5. The number of hydrogen-bond acceptors (Lipinski definition) is 5. The van der Waals surface area contributed by atoms with Crippen LogP contribution in [-0.2, 0) is 6.54 Å². The molecule has 9 heteroatoms. The Bertz CT molecular complexity index is 602. The zero-order valence-corrected chi connectivity index (χ0v) is 13.4. The van der Waals surface area contributed by atoms with Crippen LogP contribution in [0, 0.1) is 5.53 Å². The Morgan fingerprint density at radius 1 is 1.43 bits per heavy atom. The van der Waals surface area contributed by atoms with Crippen LogP contribution in [0.5, 0.6) is 0 Å². The minimum absolute atomic E-state index is 0.185. The van der Waals surface area contributed by atoms with Gasteiger partial charge >= 0.3 is 6.09 Å². The van der Waals surface area contributed by atoms with Gasteiger partial charge in [0.2, 0.25) is 4.91 Å². The van der Waals surface area contributed by atoms with E-state index in [-0.39, 0.29) is 25.5 Å². The third-order valence-electron chi connectivity index (χ3n) is 3.05. The van der Waals surface area contributed by atoms with Crippen molar-refractivity contribution >= 4 is 12.0 Å². The minimum Gasteiger partial charge on any atom is -0.465 e. The standard InChI is InChI=1S/C14H20N6O3/c1-14(2,3)20(13(22)23)7-6-16-12(21)10-4-5-11(17-8-10)9-18-19-15/h4-5,8,15H,6-7,9H2,1-3H3,(H-,16,21,22,23)/p+1. The van der Waals surface area contributed by atoms with Crippen LogP contribution in [0.3, 0.4) is 0 Å². The van der Waals surface area contributed by atoms with Crippen LogP contribution in [0.25, 0.3) is 0 Å². The topological polar surface area (TPSA) is 133 Å². The first-order valence-corrected chi connectivity index (χ1v) is 7.02. The van der Waals surface area contributed by atoms with Crippen molar-refractivity contribution < 1.29 is 14.7 Å². The summed E-state index contributed by atoms with van der Waals surface area (Å²) in [6.45, 7) is 5.96. The molecule has 9 nitrogen and oxygen atoms in total. The monoisotopic (exact) mass is 321 g/mol. The SMILES string of the molecule is CC(C)(C)N(CCNC(=O)c1ccc(CN=[N+]=N)nc1)C(=O)O. The molecule has 0 aromatic carbocycles. The van der Waals surface area contributed by atoms with Gasteiger partial charge in [-0.2, -0.15) is 0 Å². The highest BCUT2D eigenvalue weighted by atomic mass is 16.4. The molecule has 0 spiro atoms. The molecule has 0 bridgehead atoms. The van der Waals surface area contributed by atoms with Crippen molar-refractivity contribution in [1.82, 2.24) is 20.1 Å². The van der Waals surface area contributed by atoms with Crippen molar-refractivity contribution in [2.75, 3.05) is 13.1 Å². The Hall–Kier alpha value is -2.80. The van der Waals surface area contributed by atoms with Crippen molar-refractivity contribution in [3.63, 3.8) is 0 Å². The van der Waals surface area contributed by atoms with Crippen molar-refractivity contribution in [3.05, 3.63) is 29.6 Å². The second-order valence-corrected chi connectivity index (χ2v) is 5.80. The van der Waals surface area contributed by atoms with Crippen LogP contribution in [0.4, 0.5) is 4.79 Å². The van der Waals surface area contributed by atoms with Gasteiger partial charge in [-0.15, -0.1) is 0 Å². The molecule has 1 heterocycles. The van der Waals surface area contributed by atoms with Crippen LogP contribution >= 0.6 is 0 Å². The zero-order valence-electron chi connectivity index (χ0n) is 13.4. The van der Waals surface area contributed by atoms with E-state index in [2.05, 4.69) is 20.3 Å². The molecule has 3 N–H and O–H groups in total. The number of carbonyl (C=O) groups is 2. The summed E-state index contributed by atoms with van der Waals surface area (Å²) < 4.78 is 0. The molecule has 0 saturated heterocycles. The Morgan fingerprint density at radius 3 is 2.61 bits per heavy atom. The number of aromatic nitrogens is 1. The average Bonchev–Trinajstić information content (AvgIpc) is 2.48. The molecule has 0 aliphatic carbocycles.